The second-order valence-corrected chi connectivity index (χ2v) is 6.09. The van der Waals surface area contributed by atoms with E-state index >= 15 is 0 Å². The number of thiazole rings is 1. The van der Waals surface area contributed by atoms with Crippen molar-refractivity contribution < 1.29 is 4.74 Å². The Morgan fingerprint density at radius 3 is 2.86 bits per heavy atom. The first-order valence-corrected chi connectivity index (χ1v) is 7.59. The number of fused-ring (bicyclic) bond motifs is 1. The van der Waals surface area contributed by atoms with E-state index in [1.807, 2.05) is 32.2 Å². The van der Waals surface area contributed by atoms with Gasteiger partial charge in [0, 0.05) is 19.0 Å². The number of rotatable bonds is 4. The fraction of sp³-hybridized carbons (Fsp3) is 0.333. The summed E-state index contributed by atoms with van der Waals surface area (Å²) in [5.74, 6) is 0.768. The van der Waals surface area contributed by atoms with Crippen LogP contribution in [0.2, 0.25) is 0 Å². The van der Waals surface area contributed by atoms with E-state index in [-0.39, 0.29) is 6.04 Å². The molecule has 1 unspecified atom stereocenters. The van der Waals surface area contributed by atoms with Gasteiger partial charge in [-0.3, -0.25) is 0 Å². The first-order valence-electron chi connectivity index (χ1n) is 6.77. The van der Waals surface area contributed by atoms with Crippen molar-refractivity contribution in [3.63, 3.8) is 0 Å². The maximum atomic E-state index is 6.35. The standard InChI is InChI=1S/C15H18N4OS/c1-9-10(15(20-3)19(2)18-9)8-11(16)14-17-12-6-4-5-7-13(12)21-14/h4-7,11H,8,16H2,1-3H3. The van der Waals surface area contributed by atoms with E-state index in [0.29, 0.717) is 6.42 Å². The summed E-state index contributed by atoms with van der Waals surface area (Å²) in [6, 6.07) is 7.94. The van der Waals surface area contributed by atoms with E-state index < -0.39 is 0 Å². The van der Waals surface area contributed by atoms with Gasteiger partial charge in [0.1, 0.15) is 5.01 Å². The lowest BCUT2D eigenvalue weighted by molar-refractivity contribution is 0.368. The molecule has 0 aliphatic carbocycles. The van der Waals surface area contributed by atoms with Gasteiger partial charge in [-0.25, -0.2) is 9.67 Å². The average molecular weight is 302 g/mol. The Morgan fingerprint density at radius 2 is 2.14 bits per heavy atom. The molecule has 6 heteroatoms. The topological polar surface area (TPSA) is 66.0 Å². The summed E-state index contributed by atoms with van der Waals surface area (Å²) in [5.41, 5.74) is 9.35. The summed E-state index contributed by atoms with van der Waals surface area (Å²) < 4.78 is 8.33. The average Bonchev–Trinajstić information content (AvgIpc) is 3.00. The second kappa shape index (κ2) is 5.46. The molecule has 0 fully saturated rings. The number of aromatic nitrogens is 3. The number of nitrogens with zero attached hydrogens (tertiary/aromatic N) is 3. The van der Waals surface area contributed by atoms with E-state index in [4.69, 9.17) is 10.5 Å². The molecule has 2 heterocycles. The molecule has 0 spiro atoms. The molecule has 0 bridgehead atoms. The van der Waals surface area contributed by atoms with Crippen molar-refractivity contribution in [3.8, 4) is 5.88 Å². The molecule has 5 nitrogen and oxygen atoms in total. The molecule has 1 atom stereocenters. The van der Waals surface area contributed by atoms with E-state index in [2.05, 4.69) is 16.1 Å². The fourth-order valence-electron chi connectivity index (χ4n) is 2.53. The van der Waals surface area contributed by atoms with Crippen LogP contribution in [-0.4, -0.2) is 21.9 Å². The van der Waals surface area contributed by atoms with Crippen LogP contribution in [0.4, 0.5) is 0 Å². The monoisotopic (exact) mass is 302 g/mol. The maximum absolute atomic E-state index is 6.35. The van der Waals surface area contributed by atoms with Gasteiger partial charge in [-0.05, 0) is 19.1 Å². The van der Waals surface area contributed by atoms with Crippen LogP contribution in [0.5, 0.6) is 5.88 Å². The van der Waals surface area contributed by atoms with E-state index in [1.54, 1.807) is 23.1 Å². The third-order valence-corrected chi connectivity index (χ3v) is 4.70. The lowest BCUT2D eigenvalue weighted by Gasteiger charge is -2.09. The van der Waals surface area contributed by atoms with E-state index in [9.17, 15) is 0 Å². The molecule has 0 aliphatic rings. The van der Waals surface area contributed by atoms with Crippen LogP contribution < -0.4 is 10.5 Å². The third-order valence-electron chi connectivity index (χ3n) is 3.53. The van der Waals surface area contributed by atoms with Crippen LogP contribution in [0.3, 0.4) is 0 Å². The number of benzene rings is 1. The molecule has 3 aromatic rings. The van der Waals surface area contributed by atoms with Gasteiger partial charge < -0.3 is 10.5 Å². The number of hydrogen-bond donors (Lipinski definition) is 1. The predicted molar refractivity (Wildman–Crippen MR) is 84.7 cm³/mol. The normalized spacial score (nSPS) is 12.8. The molecule has 1 aromatic carbocycles. The Labute approximate surface area is 127 Å². The van der Waals surface area contributed by atoms with Crippen molar-refractivity contribution >= 4 is 21.6 Å². The lowest BCUT2D eigenvalue weighted by Crippen LogP contribution is -2.14. The second-order valence-electron chi connectivity index (χ2n) is 5.03. The zero-order valence-electron chi connectivity index (χ0n) is 12.3. The van der Waals surface area contributed by atoms with Crippen molar-refractivity contribution in [2.24, 2.45) is 12.8 Å². The molecule has 2 N–H and O–H groups in total. The van der Waals surface area contributed by atoms with Crippen LogP contribution in [0.1, 0.15) is 22.3 Å². The molecule has 21 heavy (non-hydrogen) atoms. The zero-order valence-corrected chi connectivity index (χ0v) is 13.1. The third kappa shape index (κ3) is 2.52. The largest absolute Gasteiger partial charge is 0.481 e. The minimum absolute atomic E-state index is 0.154. The number of nitrogens with two attached hydrogens (primary N) is 1. The van der Waals surface area contributed by atoms with Crippen LogP contribution >= 0.6 is 11.3 Å². The fourth-order valence-corrected chi connectivity index (χ4v) is 3.50. The predicted octanol–water partition coefficient (Wildman–Crippen LogP) is 2.59. The molecule has 3 rings (SSSR count). The van der Waals surface area contributed by atoms with Gasteiger partial charge in [-0.15, -0.1) is 11.3 Å². The van der Waals surface area contributed by atoms with Gasteiger partial charge >= 0.3 is 0 Å². The van der Waals surface area contributed by atoms with Crippen LogP contribution in [0.15, 0.2) is 24.3 Å². The highest BCUT2D eigenvalue weighted by Crippen LogP contribution is 2.30. The Kier molecular flexibility index (Phi) is 3.65. The number of hydrogen-bond acceptors (Lipinski definition) is 5. The van der Waals surface area contributed by atoms with Crippen molar-refractivity contribution in [2.45, 2.75) is 19.4 Å². The summed E-state index contributed by atoms with van der Waals surface area (Å²) >= 11 is 1.65. The van der Waals surface area contributed by atoms with Crippen LogP contribution in [0, 0.1) is 6.92 Å². The van der Waals surface area contributed by atoms with Crippen molar-refractivity contribution in [3.05, 3.63) is 40.5 Å². The summed E-state index contributed by atoms with van der Waals surface area (Å²) in [4.78, 5) is 4.63. The Hall–Kier alpha value is -1.92. The number of methoxy groups -OCH3 is 1. The van der Waals surface area contributed by atoms with Crippen molar-refractivity contribution in [1.29, 1.82) is 0 Å². The van der Waals surface area contributed by atoms with Crippen LogP contribution in [0.25, 0.3) is 10.2 Å². The molecule has 110 valence electrons. The van der Waals surface area contributed by atoms with Crippen LogP contribution in [-0.2, 0) is 13.5 Å². The molecule has 0 radical (unpaired) electrons. The lowest BCUT2D eigenvalue weighted by atomic mass is 10.1. The van der Waals surface area contributed by atoms with Gasteiger partial charge in [0.05, 0.1) is 29.1 Å². The van der Waals surface area contributed by atoms with Crippen molar-refractivity contribution in [2.75, 3.05) is 7.11 Å². The first kappa shape index (κ1) is 14.0. The molecule has 0 aliphatic heterocycles. The van der Waals surface area contributed by atoms with Crippen molar-refractivity contribution in [1.82, 2.24) is 14.8 Å². The SMILES string of the molecule is COc1c(CC(N)c2nc3ccccc3s2)c(C)nn1C. The minimum atomic E-state index is -0.154. The first-order chi connectivity index (χ1) is 10.1. The summed E-state index contributed by atoms with van der Waals surface area (Å²) in [7, 11) is 3.53. The van der Waals surface area contributed by atoms with Gasteiger partial charge in [-0.2, -0.15) is 5.10 Å². The van der Waals surface area contributed by atoms with E-state index in [0.717, 1.165) is 32.4 Å². The molecule has 2 aromatic heterocycles. The number of ether oxygens (including phenoxy) is 1. The minimum Gasteiger partial charge on any atom is -0.481 e. The van der Waals surface area contributed by atoms with E-state index in [1.165, 1.54) is 0 Å². The maximum Gasteiger partial charge on any atom is 0.214 e. The van der Waals surface area contributed by atoms with Gasteiger partial charge in [0.25, 0.3) is 0 Å². The number of aryl methyl sites for hydroxylation is 2. The Morgan fingerprint density at radius 1 is 1.38 bits per heavy atom. The molecule has 0 saturated carbocycles. The molecular weight excluding hydrogens is 284 g/mol. The van der Waals surface area contributed by atoms with Gasteiger partial charge in [-0.1, -0.05) is 12.1 Å². The molecule has 0 saturated heterocycles. The number of para-hydroxylation sites is 1. The van der Waals surface area contributed by atoms with Gasteiger partial charge in [0.15, 0.2) is 0 Å². The molecule has 0 amide bonds. The Balaban J connectivity index is 1.91. The smallest absolute Gasteiger partial charge is 0.214 e. The highest BCUT2D eigenvalue weighted by Gasteiger charge is 2.20. The Bertz CT molecular complexity index is 744. The highest BCUT2D eigenvalue weighted by atomic mass is 32.1. The quantitative estimate of drug-likeness (QED) is 0.804. The zero-order chi connectivity index (χ0) is 15.0. The highest BCUT2D eigenvalue weighted by molar-refractivity contribution is 7.18. The summed E-state index contributed by atoms with van der Waals surface area (Å²) in [5, 5.41) is 5.34. The summed E-state index contributed by atoms with van der Waals surface area (Å²) in [6.45, 7) is 1.98. The summed E-state index contributed by atoms with van der Waals surface area (Å²) in [6.07, 6.45) is 0.669. The van der Waals surface area contributed by atoms with Gasteiger partial charge in [0.2, 0.25) is 5.88 Å². The molecular formula is C15H18N4OS.